The van der Waals surface area contributed by atoms with Gasteiger partial charge in [0.25, 0.3) is 0 Å². The molecule has 2 unspecified atom stereocenters. The monoisotopic (exact) mass is 551 g/mol. The summed E-state index contributed by atoms with van der Waals surface area (Å²) < 4.78 is 35.8. The van der Waals surface area contributed by atoms with Gasteiger partial charge in [0.2, 0.25) is 5.91 Å². The summed E-state index contributed by atoms with van der Waals surface area (Å²) in [5.74, 6) is -0.689. The number of carbonyl (C=O) groups excluding carboxylic acids is 2. The average molecular weight is 552 g/mol. The Labute approximate surface area is 220 Å². The number of benzene rings is 1. The largest absolute Gasteiger partial charge is 0.467 e. The van der Waals surface area contributed by atoms with Crippen LogP contribution in [0.1, 0.15) is 25.8 Å². The van der Waals surface area contributed by atoms with E-state index in [4.69, 9.17) is 30.0 Å². The Kier molecular flexibility index (Phi) is 10.0. The Balaban J connectivity index is 1.56. The number of hydrogen-bond donors (Lipinski definition) is 3. The van der Waals surface area contributed by atoms with Gasteiger partial charge in [-0.25, -0.2) is 14.2 Å². The highest BCUT2D eigenvalue weighted by Gasteiger charge is 2.35. The zero-order chi connectivity index (χ0) is 27.9. The van der Waals surface area contributed by atoms with Crippen LogP contribution in [0.5, 0.6) is 5.75 Å². The summed E-state index contributed by atoms with van der Waals surface area (Å²) in [6, 6.07) is 6.31. The molecule has 0 saturated carbocycles. The lowest BCUT2D eigenvalue weighted by molar-refractivity contribution is -0.145. The van der Waals surface area contributed by atoms with Crippen molar-refractivity contribution in [2.24, 2.45) is 11.7 Å². The van der Waals surface area contributed by atoms with Crippen LogP contribution in [0.3, 0.4) is 0 Å². The number of rotatable bonds is 11. The summed E-state index contributed by atoms with van der Waals surface area (Å²) >= 11 is 0. The molecule has 5 atom stereocenters. The smallest absolute Gasteiger partial charge is 0.404 e. The molecule has 0 spiro atoms. The number of esters is 1. The van der Waals surface area contributed by atoms with Crippen molar-refractivity contribution in [1.29, 1.82) is 0 Å². The lowest BCUT2D eigenvalue weighted by Crippen LogP contribution is -2.51. The molecule has 1 aliphatic heterocycles. The molecule has 1 fully saturated rings. The first-order chi connectivity index (χ1) is 18.0. The number of hydrogen-bond acceptors (Lipinski definition) is 11. The fraction of sp³-hybridized carbons (Fsp3) is 0.500. The van der Waals surface area contributed by atoms with Crippen LogP contribution in [-0.2, 0) is 41.1 Å². The van der Waals surface area contributed by atoms with Gasteiger partial charge in [0.05, 0.1) is 26.3 Å². The van der Waals surface area contributed by atoms with E-state index in [9.17, 15) is 18.9 Å². The number of anilines is 1. The van der Waals surface area contributed by atoms with E-state index in [-0.39, 0.29) is 43.4 Å². The first-order valence-electron chi connectivity index (χ1n) is 12.1. The first kappa shape index (κ1) is 29.3. The molecule has 13 nitrogen and oxygen atoms in total. The zero-order valence-corrected chi connectivity index (χ0v) is 22.5. The number of methoxy groups -OCH3 is 1. The second-order valence-corrected chi connectivity index (χ2v) is 11.0. The fourth-order valence-corrected chi connectivity index (χ4v) is 5.05. The number of ether oxygens (including phenoxy) is 2. The summed E-state index contributed by atoms with van der Waals surface area (Å²) in [4.78, 5) is 40.3. The molecule has 208 valence electrons. The molecule has 1 aromatic heterocycles. The second kappa shape index (κ2) is 13.0. The molecule has 0 aliphatic carbocycles. The van der Waals surface area contributed by atoms with Gasteiger partial charge in [-0.2, -0.15) is 4.98 Å². The topological polar surface area (TPSA) is 187 Å². The Morgan fingerprint density at radius 1 is 1.29 bits per heavy atom. The van der Waals surface area contributed by atoms with Crippen molar-refractivity contribution < 1.29 is 32.7 Å². The van der Waals surface area contributed by atoms with E-state index >= 15 is 0 Å². The molecule has 1 aromatic carbocycles. The van der Waals surface area contributed by atoms with Crippen LogP contribution in [0.4, 0.5) is 5.82 Å². The third-order valence-electron chi connectivity index (χ3n) is 6.19. The molecule has 1 amide bonds. The third kappa shape index (κ3) is 7.87. The van der Waals surface area contributed by atoms with Gasteiger partial charge in [-0.05, 0) is 29.7 Å². The van der Waals surface area contributed by atoms with Crippen LogP contribution in [0.15, 0.2) is 41.3 Å². The predicted octanol–water partition coefficient (Wildman–Crippen LogP) is 1.04. The van der Waals surface area contributed by atoms with Gasteiger partial charge in [-0.3, -0.25) is 13.9 Å². The molecule has 38 heavy (non-hydrogen) atoms. The molecular weight excluding hydrogens is 517 g/mol. The molecule has 5 N–H and O–H groups in total. The van der Waals surface area contributed by atoms with Gasteiger partial charge in [0.15, 0.2) is 6.35 Å². The fourth-order valence-electron chi connectivity index (χ4n) is 3.64. The molecule has 2 heterocycles. The SMILES string of the molecule is CCC(C)[C@H](N)C(=O)N[C@@H](Cc1ccc(OP2(=O)CO[C@@H](Cn3ccc(N)nc3=O)CO2)cc1)C(=O)OC. The zero-order valence-electron chi connectivity index (χ0n) is 21.6. The van der Waals surface area contributed by atoms with Crippen molar-refractivity contribution >= 4 is 25.3 Å². The number of nitrogens with one attached hydrogen (secondary N) is 1. The Hall–Kier alpha value is -3.25. The van der Waals surface area contributed by atoms with Crippen molar-refractivity contribution in [3.8, 4) is 5.75 Å². The maximum atomic E-state index is 13.0. The van der Waals surface area contributed by atoms with Crippen LogP contribution in [-0.4, -0.2) is 59.7 Å². The lowest BCUT2D eigenvalue weighted by Gasteiger charge is -2.29. The average Bonchev–Trinajstić information content (AvgIpc) is 2.90. The Morgan fingerprint density at radius 2 is 2.00 bits per heavy atom. The summed E-state index contributed by atoms with van der Waals surface area (Å²) in [6.45, 7) is 3.89. The van der Waals surface area contributed by atoms with Crippen molar-refractivity contribution in [2.45, 2.75) is 51.4 Å². The van der Waals surface area contributed by atoms with Gasteiger partial charge < -0.3 is 30.8 Å². The molecule has 1 aliphatic rings. The number of amides is 1. The molecule has 3 rings (SSSR count). The highest BCUT2D eigenvalue weighted by molar-refractivity contribution is 7.54. The third-order valence-corrected chi connectivity index (χ3v) is 7.69. The normalized spacial score (nSPS) is 21.6. The van der Waals surface area contributed by atoms with Crippen LogP contribution >= 0.6 is 7.60 Å². The Morgan fingerprint density at radius 3 is 2.58 bits per heavy atom. The predicted molar refractivity (Wildman–Crippen MR) is 138 cm³/mol. The van der Waals surface area contributed by atoms with Crippen molar-refractivity contribution in [2.75, 3.05) is 25.8 Å². The van der Waals surface area contributed by atoms with E-state index in [0.29, 0.717) is 5.56 Å². The lowest BCUT2D eigenvalue weighted by atomic mass is 9.98. The molecular formula is C24H34N5O8P. The minimum absolute atomic E-state index is 0.0497. The van der Waals surface area contributed by atoms with Crippen molar-refractivity contribution in [1.82, 2.24) is 14.9 Å². The minimum atomic E-state index is -3.59. The highest BCUT2D eigenvalue weighted by atomic mass is 31.2. The van der Waals surface area contributed by atoms with Gasteiger partial charge in [0, 0.05) is 12.6 Å². The molecule has 14 heteroatoms. The summed E-state index contributed by atoms with van der Waals surface area (Å²) in [5, 5.41) is 2.66. The summed E-state index contributed by atoms with van der Waals surface area (Å²) in [6.07, 6.45) is 1.55. The highest BCUT2D eigenvalue weighted by Crippen LogP contribution is 2.50. The summed E-state index contributed by atoms with van der Waals surface area (Å²) in [5.41, 5.74) is 11.7. The van der Waals surface area contributed by atoms with E-state index in [1.54, 1.807) is 24.3 Å². The number of nitrogen functional groups attached to an aromatic ring is 1. The van der Waals surface area contributed by atoms with Gasteiger partial charge in [-0.1, -0.05) is 32.4 Å². The quantitative estimate of drug-likeness (QED) is 0.267. The second-order valence-electron chi connectivity index (χ2n) is 9.05. The molecule has 0 bridgehead atoms. The van der Waals surface area contributed by atoms with Crippen molar-refractivity contribution in [3.05, 3.63) is 52.6 Å². The Bertz CT molecular complexity index is 1210. The number of nitrogens with zero attached hydrogens (tertiary/aromatic N) is 2. The van der Waals surface area contributed by atoms with Gasteiger partial charge in [0.1, 0.15) is 23.7 Å². The van der Waals surface area contributed by atoms with E-state index < -0.39 is 43.3 Å². The number of nitrogens with two attached hydrogens (primary N) is 2. The number of carbonyl (C=O) groups is 2. The van der Waals surface area contributed by atoms with Crippen LogP contribution in [0.2, 0.25) is 0 Å². The molecule has 2 aromatic rings. The summed E-state index contributed by atoms with van der Waals surface area (Å²) in [7, 11) is -2.35. The van der Waals surface area contributed by atoms with E-state index in [2.05, 4.69) is 10.3 Å². The standard InChI is InChI=1S/C24H34N5O8P/c1-4-15(2)21(26)22(30)27-19(23(31)34-3)11-16-5-7-17(8-6-16)37-38(33)14-35-18(13-36-38)12-29-10-9-20(25)28-24(29)32/h5-10,15,18-19,21H,4,11-14,26H2,1-3H3,(H,27,30)(H2,25,28,32)/t15?,18-,19-,21-,38?/m0/s1. The van der Waals surface area contributed by atoms with Crippen LogP contribution in [0, 0.1) is 5.92 Å². The molecule has 0 radical (unpaired) electrons. The maximum absolute atomic E-state index is 13.0. The van der Waals surface area contributed by atoms with Crippen LogP contribution in [0.25, 0.3) is 0 Å². The van der Waals surface area contributed by atoms with E-state index in [1.807, 2.05) is 13.8 Å². The van der Waals surface area contributed by atoms with Crippen molar-refractivity contribution in [3.63, 3.8) is 0 Å². The first-order valence-corrected chi connectivity index (χ1v) is 13.9. The number of aromatic nitrogens is 2. The van der Waals surface area contributed by atoms with Gasteiger partial charge >= 0.3 is 19.3 Å². The van der Waals surface area contributed by atoms with Gasteiger partial charge in [-0.15, -0.1) is 0 Å². The van der Waals surface area contributed by atoms with E-state index in [0.717, 1.165) is 6.42 Å². The minimum Gasteiger partial charge on any atom is -0.467 e. The maximum Gasteiger partial charge on any atom is 0.404 e. The van der Waals surface area contributed by atoms with Crippen LogP contribution < -0.4 is 27.0 Å². The molecule has 1 saturated heterocycles. The van der Waals surface area contributed by atoms with E-state index in [1.165, 1.54) is 23.9 Å².